The number of rotatable bonds is 6. The fourth-order valence-electron chi connectivity index (χ4n) is 2.52. The van der Waals surface area contributed by atoms with Crippen molar-refractivity contribution in [2.24, 2.45) is 5.92 Å². The van der Waals surface area contributed by atoms with Crippen LogP contribution in [0.1, 0.15) is 32.6 Å². The molecule has 4 atom stereocenters. The summed E-state index contributed by atoms with van der Waals surface area (Å²) >= 11 is 0. The van der Waals surface area contributed by atoms with Gasteiger partial charge in [-0.1, -0.05) is 13.3 Å². The third-order valence-corrected chi connectivity index (χ3v) is 5.44. The van der Waals surface area contributed by atoms with Crippen molar-refractivity contribution < 1.29 is 8.95 Å². The number of methoxy groups -OCH3 is 1. The van der Waals surface area contributed by atoms with Crippen LogP contribution < -0.4 is 5.32 Å². The van der Waals surface area contributed by atoms with Gasteiger partial charge in [0, 0.05) is 29.7 Å². The number of hydrogen-bond donors (Lipinski definition) is 1. The average Bonchev–Trinajstić information content (AvgIpc) is 2.35. The van der Waals surface area contributed by atoms with Crippen LogP contribution in [0.25, 0.3) is 0 Å². The first-order valence-electron chi connectivity index (χ1n) is 6.26. The summed E-state index contributed by atoms with van der Waals surface area (Å²) in [5.41, 5.74) is 0. The zero-order valence-electron chi connectivity index (χ0n) is 10.7. The molecule has 3 nitrogen and oxygen atoms in total. The van der Waals surface area contributed by atoms with Crippen LogP contribution in [0.4, 0.5) is 0 Å². The van der Waals surface area contributed by atoms with Crippen molar-refractivity contribution >= 4 is 10.8 Å². The second-order valence-electron chi connectivity index (χ2n) is 4.60. The Morgan fingerprint density at radius 3 is 2.75 bits per heavy atom. The molecule has 1 fully saturated rings. The summed E-state index contributed by atoms with van der Waals surface area (Å²) in [5, 5.41) is 3.64. The van der Waals surface area contributed by atoms with Crippen LogP contribution in [0.2, 0.25) is 0 Å². The standard InChI is InChI=1S/C12H25NO2S/c1-4-10-5-6-11(13-2)12(9-10)16(14)8-7-15-3/h10-13H,4-9H2,1-3H3. The van der Waals surface area contributed by atoms with E-state index in [1.165, 1.54) is 19.3 Å². The van der Waals surface area contributed by atoms with Crippen molar-refractivity contribution in [3.8, 4) is 0 Å². The molecule has 0 radical (unpaired) electrons. The van der Waals surface area contributed by atoms with Gasteiger partial charge >= 0.3 is 0 Å². The van der Waals surface area contributed by atoms with E-state index in [-0.39, 0.29) is 0 Å². The summed E-state index contributed by atoms with van der Waals surface area (Å²) in [6, 6.07) is 0.431. The first kappa shape index (κ1) is 14.1. The van der Waals surface area contributed by atoms with Gasteiger partial charge in [0.05, 0.1) is 11.9 Å². The lowest BCUT2D eigenvalue weighted by molar-refractivity contribution is 0.217. The Kier molecular flexibility index (Phi) is 6.54. The normalized spacial score (nSPS) is 32.6. The van der Waals surface area contributed by atoms with Crippen LogP contribution in [0.3, 0.4) is 0 Å². The van der Waals surface area contributed by atoms with E-state index in [1.54, 1.807) is 7.11 Å². The Balaban J connectivity index is 2.53. The van der Waals surface area contributed by atoms with Gasteiger partial charge in [-0.3, -0.25) is 4.21 Å². The molecule has 4 unspecified atom stereocenters. The highest BCUT2D eigenvalue weighted by Gasteiger charge is 2.32. The Morgan fingerprint density at radius 2 is 2.19 bits per heavy atom. The minimum Gasteiger partial charge on any atom is -0.384 e. The van der Waals surface area contributed by atoms with Crippen molar-refractivity contribution in [3.63, 3.8) is 0 Å². The molecule has 0 aromatic rings. The molecule has 16 heavy (non-hydrogen) atoms. The van der Waals surface area contributed by atoms with Gasteiger partial charge in [0.15, 0.2) is 0 Å². The van der Waals surface area contributed by atoms with E-state index in [9.17, 15) is 4.21 Å². The molecule has 96 valence electrons. The molecule has 0 aromatic heterocycles. The zero-order valence-corrected chi connectivity index (χ0v) is 11.5. The molecule has 0 aliphatic heterocycles. The fourth-order valence-corrected chi connectivity index (χ4v) is 4.28. The van der Waals surface area contributed by atoms with Crippen molar-refractivity contribution in [2.45, 2.75) is 43.9 Å². The van der Waals surface area contributed by atoms with E-state index >= 15 is 0 Å². The largest absolute Gasteiger partial charge is 0.384 e. The summed E-state index contributed by atoms with van der Waals surface area (Å²) in [4.78, 5) is 0. The molecular weight excluding hydrogens is 222 g/mol. The third kappa shape index (κ3) is 3.82. The van der Waals surface area contributed by atoms with E-state index in [0.717, 1.165) is 12.3 Å². The Labute approximate surface area is 102 Å². The van der Waals surface area contributed by atoms with Crippen molar-refractivity contribution in [3.05, 3.63) is 0 Å². The molecule has 0 bridgehead atoms. The lowest BCUT2D eigenvalue weighted by atomic mass is 9.84. The van der Waals surface area contributed by atoms with E-state index in [0.29, 0.717) is 23.7 Å². The van der Waals surface area contributed by atoms with Crippen LogP contribution in [-0.4, -0.2) is 42.0 Å². The molecule has 1 aliphatic rings. The molecule has 1 N–H and O–H groups in total. The molecule has 1 saturated carbocycles. The van der Waals surface area contributed by atoms with Gasteiger partial charge in [-0.15, -0.1) is 0 Å². The summed E-state index contributed by atoms with van der Waals surface area (Å²) in [6.07, 6.45) is 4.77. The molecule has 0 heterocycles. The van der Waals surface area contributed by atoms with Crippen LogP contribution in [0.5, 0.6) is 0 Å². The van der Waals surface area contributed by atoms with Gasteiger partial charge in [-0.25, -0.2) is 0 Å². The molecule has 1 aliphatic carbocycles. The summed E-state index contributed by atoms with van der Waals surface area (Å²) in [5.74, 6) is 1.44. The minimum atomic E-state index is -0.746. The van der Waals surface area contributed by atoms with Gasteiger partial charge < -0.3 is 10.1 Å². The van der Waals surface area contributed by atoms with Gasteiger partial charge in [-0.05, 0) is 32.2 Å². The summed E-state index contributed by atoms with van der Waals surface area (Å²) in [7, 11) is 2.91. The van der Waals surface area contributed by atoms with Crippen LogP contribution in [0.15, 0.2) is 0 Å². The highest BCUT2D eigenvalue weighted by Crippen LogP contribution is 2.29. The van der Waals surface area contributed by atoms with E-state index < -0.39 is 10.8 Å². The van der Waals surface area contributed by atoms with Crippen molar-refractivity contribution in [2.75, 3.05) is 26.5 Å². The van der Waals surface area contributed by atoms with Gasteiger partial charge in [0.1, 0.15) is 0 Å². The van der Waals surface area contributed by atoms with Gasteiger partial charge in [-0.2, -0.15) is 0 Å². The van der Waals surface area contributed by atoms with Crippen LogP contribution >= 0.6 is 0 Å². The van der Waals surface area contributed by atoms with Crippen LogP contribution in [0, 0.1) is 5.92 Å². The third-order valence-electron chi connectivity index (χ3n) is 3.67. The van der Waals surface area contributed by atoms with Gasteiger partial charge in [0.25, 0.3) is 0 Å². The molecule has 0 saturated heterocycles. The predicted molar refractivity (Wildman–Crippen MR) is 69.2 cm³/mol. The Morgan fingerprint density at radius 1 is 1.44 bits per heavy atom. The highest BCUT2D eigenvalue weighted by molar-refractivity contribution is 7.85. The lowest BCUT2D eigenvalue weighted by Crippen LogP contribution is -2.45. The van der Waals surface area contributed by atoms with Crippen LogP contribution in [-0.2, 0) is 15.5 Å². The van der Waals surface area contributed by atoms with Crippen molar-refractivity contribution in [1.29, 1.82) is 0 Å². The number of nitrogens with one attached hydrogen (secondary N) is 1. The predicted octanol–water partition coefficient (Wildman–Crippen LogP) is 1.55. The first-order chi connectivity index (χ1) is 7.72. The second-order valence-corrected chi connectivity index (χ2v) is 6.37. The molecule has 1 rings (SSSR count). The van der Waals surface area contributed by atoms with Crippen molar-refractivity contribution in [1.82, 2.24) is 5.32 Å². The monoisotopic (exact) mass is 247 g/mol. The maximum absolute atomic E-state index is 12.2. The quantitative estimate of drug-likeness (QED) is 0.774. The molecule has 0 aromatic carbocycles. The minimum absolute atomic E-state index is 0.318. The Bertz CT molecular complexity index is 223. The summed E-state index contributed by atoms with van der Waals surface area (Å²) in [6.45, 7) is 2.84. The molecule has 0 amide bonds. The number of ether oxygens (including phenoxy) is 1. The summed E-state index contributed by atoms with van der Waals surface area (Å²) < 4.78 is 17.2. The average molecular weight is 247 g/mol. The van der Waals surface area contributed by atoms with E-state index in [1.807, 2.05) is 7.05 Å². The zero-order chi connectivity index (χ0) is 12.0. The smallest absolute Gasteiger partial charge is 0.0577 e. The number of hydrogen-bond acceptors (Lipinski definition) is 3. The highest BCUT2D eigenvalue weighted by atomic mass is 32.2. The second kappa shape index (κ2) is 7.41. The molecular formula is C12H25NO2S. The first-order valence-corrected chi connectivity index (χ1v) is 7.64. The maximum atomic E-state index is 12.2. The Hall–Kier alpha value is 0.0700. The van der Waals surface area contributed by atoms with E-state index in [4.69, 9.17) is 4.74 Å². The fraction of sp³-hybridized carbons (Fsp3) is 1.00. The maximum Gasteiger partial charge on any atom is 0.0577 e. The molecule has 4 heteroatoms. The van der Waals surface area contributed by atoms with E-state index in [2.05, 4.69) is 12.2 Å². The topological polar surface area (TPSA) is 38.3 Å². The molecule has 0 spiro atoms. The van der Waals surface area contributed by atoms with Gasteiger partial charge in [0.2, 0.25) is 0 Å². The lowest BCUT2D eigenvalue weighted by Gasteiger charge is -2.35. The SMILES string of the molecule is CCC1CCC(NC)C(S(=O)CCOC)C1.